The molecule has 5 aromatic rings. The number of hydrogen-bond donors (Lipinski definition) is 4. The van der Waals surface area contributed by atoms with Crippen LogP contribution < -0.4 is 16.8 Å². The summed E-state index contributed by atoms with van der Waals surface area (Å²) in [6.45, 7) is 2.97. The molecule has 0 radical (unpaired) electrons. The number of thiazole rings is 2. The highest BCUT2D eigenvalue weighted by atomic mass is 32.1. The van der Waals surface area contributed by atoms with E-state index >= 15 is 0 Å². The molecule has 1 aliphatic carbocycles. The number of hydrogen-bond acceptors (Lipinski definition) is 10. The molecule has 6 N–H and O–H groups in total. The third kappa shape index (κ3) is 5.21. The van der Waals surface area contributed by atoms with Crippen LogP contribution in [-0.4, -0.2) is 43.7 Å². The Morgan fingerprint density at radius 3 is 2.26 bits per heavy atom. The highest BCUT2D eigenvalue weighted by molar-refractivity contribution is 7.25. The summed E-state index contributed by atoms with van der Waals surface area (Å²) in [5.41, 5.74) is 15.9. The number of benzene rings is 2. The highest BCUT2D eigenvalue weighted by Crippen LogP contribution is 2.47. The molecule has 1 saturated carbocycles. The first-order valence-electron chi connectivity index (χ1n) is 12.7. The van der Waals surface area contributed by atoms with E-state index in [1.807, 2.05) is 31.3 Å². The van der Waals surface area contributed by atoms with Crippen LogP contribution in [0.5, 0.6) is 0 Å². The van der Waals surface area contributed by atoms with E-state index in [4.69, 9.17) is 16.5 Å². The van der Waals surface area contributed by atoms with Crippen molar-refractivity contribution in [3.63, 3.8) is 0 Å². The van der Waals surface area contributed by atoms with Gasteiger partial charge in [-0.2, -0.15) is 0 Å². The summed E-state index contributed by atoms with van der Waals surface area (Å²) in [7, 11) is 0. The van der Waals surface area contributed by atoms with Crippen molar-refractivity contribution < 1.29 is 5.11 Å². The lowest BCUT2D eigenvalue weighted by molar-refractivity contribution is -0.0738. The molecule has 0 amide bonds. The van der Waals surface area contributed by atoms with Gasteiger partial charge in [0, 0.05) is 48.3 Å². The zero-order chi connectivity index (χ0) is 27.0. The average molecular weight is 556 g/mol. The Morgan fingerprint density at radius 1 is 0.872 bits per heavy atom. The Bertz CT molecular complexity index is 1570. The van der Waals surface area contributed by atoms with Crippen molar-refractivity contribution in [2.45, 2.75) is 30.9 Å². The van der Waals surface area contributed by atoms with Crippen molar-refractivity contribution in [2.24, 2.45) is 11.5 Å². The fraction of sp³-hybridized carbons (Fsp3) is 0.241. The number of aliphatic hydroxyl groups is 1. The predicted molar refractivity (Wildman–Crippen MR) is 158 cm³/mol. The fourth-order valence-corrected chi connectivity index (χ4v) is 7.12. The summed E-state index contributed by atoms with van der Waals surface area (Å²) in [6, 6.07) is 18.6. The molecule has 0 atom stereocenters. The lowest BCUT2D eigenvalue weighted by Gasteiger charge is -2.49. The van der Waals surface area contributed by atoms with Gasteiger partial charge < -0.3 is 21.9 Å². The van der Waals surface area contributed by atoms with Gasteiger partial charge >= 0.3 is 0 Å². The normalized spacial score (nSPS) is 20.5. The summed E-state index contributed by atoms with van der Waals surface area (Å²) in [5, 5.41) is 15.0. The minimum absolute atomic E-state index is 0.487. The molecule has 2 aromatic carbocycles. The van der Waals surface area contributed by atoms with Crippen LogP contribution in [0.25, 0.3) is 42.2 Å². The van der Waals surface area contributed by atoms with Gasteiger partial charge in [-0.1, -0.05) is 54.6 Å². The van der Waals surface area contributed by atoms with Crippen molar-refractivity contribution in [3.05, 3.63) is 78.8 Å². The lowest BCUT2D eigenvalue weighted by atomic mass is 9.63. The fourth-order valence-electron chi connectivity index (χ4n) is 5.10. The molecule has 0 saturated heterocycles. The van der Waals surface area contributed by atoms with Gasteiger partial charge in [0.25, 0.3) is 0 Å². The van der Waals surface area contributed by atoms with E-state index in [0.29, 0.717) is 31.9 Å². The van der Waals surface area contributed by atoms with Crippen LogP contribution in [0.4, 0.5) is 5.95 Å². The smallest absolute Gasteiger partial charge is 0.222 e. The Hall–Kier alpha value is -3.54. The Morgan fingerprint density at radius 2 is 1.59 bits per heavy atom. The summed E-state index contributed by atoms with van der Waals surface area (Å²) >= 11 is 3.22. The van der Waals surface area contributed by atoms with Crippen molar-refractivity contribution in [2.75, 3.05) is 18.4 Å². The molecule has 0 bridgehead atoms. The van der Waals surface area contributed by atoms with Crippen LogP contribution in [0.2, 0.25) is 0 Å². The minimum atomic E-state index is -0.694. The SMILES string of the molecule is CC1(O)CC(N)(c2ccc(-c3nc(-c4cnc(-c5cnc(NCCN)nc5)s4)sc3-c3ccccc3)cc2)C1. The Balaban J connectivity index is 1.32. The molecular weight excluding hydrogens is 527 g/mol. The molecule has 0 spiro atoms. The first kappa shape index (κ1) is 25.7. The second-order valence-electron chi connectivity index (χ2n) is 10.2. The maximum atomic E-state index is 10.2. The molecule has 8 nitrogen and oxygen atoms in total. The van der Waals surface area contributed by atoms with Crippen LogP contribution in [0.15, 0.2) is 73.2 Å². The second-order valence-corrected chi connectivity index (χ2v) is 12.2. The third-order valence-corrected chi connectivity index (χ3v) is 9.15. The summed E-state index contributed by atoms with van der Waals surface area (Å²) in [4.78, 5) is 20.5. The van der Waals surface area contributed by atoms with Gasteiger partial charge in [0.2, 0.25) is 5.95 Å². The molecule has 6 rings (SSSR count). The van der Waals surface area contributed by atoms with Gasteiger partial charge in [-0.15, -0.1) is 22.7 Å². The van der Waals surface area contributed by atoms with Crippen LogP contribution in [-0.2, 0) is 5.54 Å². The zero-order valence-electron chi connectivity index (χ0n) is 21.5. The van der Waals surface area contributed by atoms with Crippen LogP contribution in [0.1, 0.15) is 25.3 Å². The van der Waals surface area contributed by atoms with Crippen molar-refractivity contribution in [3.8, 4) is 42.2 Å². The van der Waals surface area contributed by atoms with Gasteiger partial charge in [-0.3, -0.25) is 0 Å². The topological polar surface area (TPSA) is 136 Å². The number of nitrogens with two attached hydrogens (primary N) is 2. The van der Waals surface area contributed by atoms with Gasteiger partial charge in [-0.25, -0.2) is 19.9 Å². The van der Waals surface area contributed by atoms with Crippen molar-refractivity contribution >= 4 is 28.6 Å². The van der Waals surface area contributed by atoms with Gasteiger partial charge in [-0.05, 0) is 30.9 Å². The summed E-state index contributed by atoms with van der Waals surface area (Å²) in [6.07, 6.45) is 6.51. The van der Waals surface area contributed by atoms with E-state index in [1.54, 1.807) is 35.1 Å². The molecule has 3 aromatic heterocycles. The first-order chi connectivity index (χ1) is 18.8. The predicted octanol–water partition coefficient (Wildman–Crippen LogP) is 5.13. The molecule has 0 aliphatic heterocycles. The molecular formula is C29H29N7OS2. The first-order valence-corrected chi connectivity index (χ1v) is 14.4. The van der Waals surface area contributed by atoms with Crippen LogP contribution in [0.3, 0.4) is 0 Å². The summed E-state index contributed by atoms with van der Waals surface area (Å²) in [5.74, 6) is 0.548. The van der Waals surface area contributed by atoms with E-state index in [9.17, 15) is 5.11 Å². The molecule has 39 heavy (non-hydrogen) atoms. The highest BCUT2D eigenvalue weighted by Gasteiger charge is 2.49. The number of rotatable bonds is 8. The number of nitrogens with one attached hydrogen (secondary N) is 1. The second kappa shape index (κ2) is 10.2. The molecule has 1 fully saturated rings. The Kier molecular flexibility index (Phi) is 6.74. The van der Waals surface area contributed by atoms with Gasteiger partial charge in [0.15, 0.2) is 0 Å². The minimum Gasteiger partial charge on any atom is -0.390 e. The quantitative estimate of drug-likeness (QED) is 0.207. The van der Waals surface area contributed by atoms with Crippen LogP contribution in [0, 0.1) is 0 Å². The molecule has 198 valence electrons. The van der Waals surface area contributed by atoms with Gasteiger partial charge in [0.1, 0.15) is 10.0 Å². The molecule has 3 heterocycles. The van der Waals surface area contributed by atoms with E-state index in [0.717, 1.165) is 47.7 Å². The van der Waals surface area contributed by atoms with Crippen LogP contribution >= 0.6 is 22.7 Å². The molecule has 0 unspecified atom stereocenters. The van der Waals surface area contributed by atoms with Gasteiger partial charge in [0.05, 0.1) is 21.0 Å². The maximum Gasteiger partial charge on any atom is 0.222 e. The summed E-state index contributed by atoms with van der Waals surface area (Å²) < 4.78 is 0. The maximum absolute atomic E-state index is 10.2. The van der Waals surface area contributed by atoms with E-state index in [2.05, 4.69) is 56.7 Å². The van der Waals surface area contributed by atoms with E-state index in [1.165, 1.54) is 0 Å². The largest absolute Gasteiger partial charge is 0.390 e. The average Bonchev–Trinajstić information content (AvgIpc) is 3.60. The zero-order valence-corrected chi connectivity index (χ0v) is 23.1. The third-order valence-electron chi connectivity index (χ3n) is 6.83. The molecule has 10 heteroatoms. The van der Waals surface area contributed by atoms with E-state index in [-0.39, 0.29) is 0 Å². The lowest BCUT2D eigenvalue weighted by Crippen LogP contribution is -2.58. The van der Waals surface area contributed by atoms with Crippen molar-refractivity contribution in [1.82, 2.24) is 19.9 Å². The standard InChI is InChI=1S/C29H29N7OS2/c1-28(37)16-29(31,17-28)21-9-7-18(8-10-21)23-24(19-5-3-2-4-6-19)39-26(36-23)22-15-33-25(38-22)20-13-34-27(35-14-20)32-12-11-30/h2-10,13-15,37H,11-12,16-17,30-31H2,1H3,(H,32,34,35). The van der Waals surface area contributed by atoms with E-state index < -0.39 is 11.1 Å². The number of aromatic nitrogens is 4. The number of anilines is 1. The number of nitrogens with zero attached hydrogens (tertiary/aromatic N) is 4. The van der Waals surface area contributed by atoms with Crippen molar-refractivity contribution in [1.29, 1.82) is 0 Å². The molecule has 1 aliphatic rings. The Labute approximate surface area is 234 Å². The monoisotopic (exact) mass is 555 g/mol.